The van der Waals surface area contributed by atoms with E-state index in [1.165, 1.54) is 10.9 Å². The van der Waals surface area contributed by atoms with Gasteiger partial charge in [-0.3, -0.25) is 0 Å². The Balaban J connectivity index is 1.93. The maximum absolute atomic E-state index is 6.14. The molecular formula is C15H17NO2. The van der Waals surface area contributed by atoms with Crippen LogP contribution in [0.1, 0.15) is 24.2 Å². The minimum Gasteiger partial charge on any atom is -0.459 e. The normalized spacial score (nSPS) is 27.6. The Kier molecular flexibility index (Phi) is 2.26. The highest BCUT2D eigenvalue weighted by molar-refractivity contribution is 5.83. The van der Waals surface area contributed by atoms with Crippen molar-refractivity contribution in [3.8, 4) is 0 Å². The van der Waals surface area contributed by atoms with Gasteiger partial charge < -0.3 is 14.5 Å². The molecule has 1 aromatic carbocycles. The van der Waals surface area contributed by atoms with Gasteiger partial charge >= 0.3 is 0 Å². The largest absolute Gasteiger partial charge is 0.459 e. The van der Waals surface area contributed by atoms with Crippen molar-refractivity contribution in [2.45, 2.75) is 24.8 Å². The van der Waals surface area contributed by atoms with E-state index in [-0.39, 0.29) is 5.54 Å². The van der Waals surface area contributed by atoms with Gasteiger partial charge in [-0.25, -0.2) is 0 Å². The van der Waals surface area contributed by atoms with Gasteiger partial charge in [-0.05, 0) is 25.3 Å². The molecule has 0 bridgehead atoms. The van der Waals surface area contributed by atoms with Gasteiger partial charge in [0.25, 0.3) is 0 Å². The molecule has 1 fully saturated rings. The van der Waals surface area contributed by atoms with E-state index >= 15 is 0 Å². The monoisotopic (exact) mass is 243 g/mol. The van der Waals surface area contributed by atoms with E-state index in [0.29, 0.717) is 0 Å². The van der Waals surface area contributed by atoms with E-state index in [1.807, 2.05) is 6.07 Å². The lowest BCUT2D eigenvalue weighted by Gasteiger charge is -2.39. The maximum Gasteiger partial charge on any atom is 0.134 e. The number of benzene rings is 1. The van der Waals surface area contributed by atoms with Crippen LogP contribution in [0.3, 0.4) is 0 Å². The number of fused-ring (bicyclic) bond motifs is 4. The van der Waals surface area contributed by atoms with Crippen molar-refractivity contribution in [2.24, 2.45) is 0 Å². The van der Waals surface area contributed by atoms with E-state index in [0.717, 1.165) is 50.4 Å². The highest BCUT2D eigenvalue weighted by Crippen LogP contribution is 2.40. The van der Waals surface area contributed by atoms with Crippen LogP contribution in [0.5, 0.6) is 0 Å². The second-order valence-electron chi connectivity index (χ2n) is 5.32. The minimum atomic E-state index is -0.0785. The molecule has 2 aliphatic heterocycles. The Morgan fingerprint density at radius 3 is 3.06 bits per heavy atom. The average molecular weight is 243 g/mol. The summed E-state index contributed by atoms with van der Waals surface area (Å²) in [6.07, 6.45) is 3.26. The molecule has 1 spiro atoms. The van der Waals surface area contributed by atoms with Crippen LogP contribution >= 0.6 is 0 Å². The quantitative estimate of drug-likeness (QED) is 0.772. The topological polar surface area (TPSA) is 34.4 Å². The highest BCUT2D eigenvalue weighted by Gasteiger charge is 2.42. The Morgan fingerprint density at radius 2 is 2.17 bits per heavy atom. The first-order valence-electron chi connectivity index (χ1n) is 6.73. The number of para-hydroxylation sites is 1. The van der Waals surface area contributed by atoms with Gasteiger partial charge in [-0.1, -0.05) is 18.2 Å². The zero-order valence-electron chi connectivity index (χ0n) is 10.4. The van der Waals surface area contributed by atoms with Crippen molar-refractivity contribution < 1.29 is 9.15 Å². The first-order valence-corrected chi connectivity index (χ1v) is 6.73. The predicted molar refractivity (Wildman–Crippen MR) is 69.7 cm³/mol. The molecular weight excluding hydrogens is 226 g/mol. The van der Waals surface area contributed by atoms with Crippen LogP contribution < -0.4 is 5.32 Å². The van der Waals surface area contributed by atoms with Gasteiger partial charge in [0.15, 0.2) is 0 Å². The molecule has 2 aliphatic rings. The van der Waals surface area contributed by atoms with Crippen LogP contribution in [0, 0.1) is 0 Å². The molecule has 1 saturated heterocycles. The number of hydrogen-bond donors (Lipinski definition) is 1. The van der Waals surface area contributed by atoms with Crippen LogP contribution in [0.15, 0.2) is 28.7 Å². The molecule has 94 valence electrons. The zero-order chi connectivity index (χ0) is 12.0. The molecule has 1 unspecified atom stereocenters. The van der Waals surface area contributed by atoms with Gasteiger partial charge in [0.1, 0.15) is 16.9 Å². The Labute approximate surface area is 106 Å². The van der Waals surface area contributed by atoms with Crippen LogP contribution in [-0.2, 0) is 16.7 Å². The predicted octanol–water partition coefficient (Wildman–Crippen LogP) is 2.58. The standard InChI is InChI=1S/C15H17NO2/c1-2-5-13-11(4-1)12-6-8-16-15(14(12)18-13)7-3-9-17-10-15/h1-2,4-5,16H,3,6-10H2. The summed E-state index contributed by atoms with van der Waals surface area (Å²) in [5.74, 6) is 1.12. The van der Waals surface area contributed by atoms with E-state index in [2.05, 4.69) is 23.5 Å². The molecule has 1 aromatic heterocycles. The Bertz CT molecular complexity index is 581. The molecule has 0 amide bonds. The molecule has 2 aromatic rings. The van der Waals surface area contributed by atoms with Crippen LogP contribution in [-0.4, -0.2) is 19.8 Å². The van der Waals surface area contributed by atoms with E-state index < -0.39 is 0 Å². The van der Waals surface area contributed by atoms with Crippen LogP contribution in [0.2, 0.25) is 0 Å². The van der Waals surface area contributed by atoms with Gasteiger partial charge in [0.05, 0.1) is 6.61 Å². The summed E-state index contributed by atoms with van der Waals surface area (Å²) >= 11 is 0. The summed E-state index contributed by atoms with van der Waals surface area (Å²) in [5.41, 5.74) is 2.32. The number of furan rings is 1. The first kappa shape index (κ1) is 10.6. The Morgan fingerprint density at radius 1 is 1.22 bits per heavy atom. The third kappa shape index (κ3) is 1.38. The second kappa shape index (κ2) is 3.84. The van der Waals surface area contributed by atoms with Crippen molar-refractivity contribution in [2.75, 3.05) is 19.8 Å². The van der Waals surface area contributed by atoms with Crippen molar-refractivity contribution in [3.63, 3.8) is 0 Å². The number of nitrogens with one attached hydrogen (secondary N) is 1. The van der Waals surface area contributed by atoms with Gasteiger partial charge in [0.2, 0.25) is 0 Å². The summed E-state index contributed by atoms with van der Waals surface area (Å²) in [4.78, 5) is 0. The van der Waals surface area contributed by atoms with E-state index in [9.17, 15) is 0 Å². The highest BCUT2D eigenvalue weighted by atomic mass is 16.5. The molecule has 0 aliphatic carbocycles. The summed E-state index contributed by atoms with van der Waals surface area (Å²) in [7, 11) is 0. The fourth-order valence-electron chi connectivity index (χ4n) is 3.35. The van der Waals surface area contributed by atoms with Crippen LogP contribution in [0.4, 0.5) is 0 Å². The Hall–Kier alpha value is -1.32. The first-order chi connectivity index (χ1) is 8.89. The third-order valence-corrected chi connectivity index (χ3v) is 4.21. The molecule has 0 saturated carbocycles. The lowest BCUT2D eigenvalue weighted by atomic mass is 9.83. The summed E-state index contributed by atoms with van der Waals surface area (Å²) in [6.45, 7) is 2.62. The molecule has 3 heterocycles. The number of rotatable bonds is 0. The molecule has 3 nitrogen and oxygen atoms in total. The van der Waals surface area contributed by atoms with Crippen molar-refractivity contribution in [1.82, 2.24) is 5.32 Å². The molecule has 1 N–H and O–H groups in total. The van der Waals surface area contributed by atoms with Gasteiger partial charge in [0, 0.05) is 24.1 Å². The minimum absolute atomic E-state index is 0.0785. The van der Waals surface area contributed by atoms with Crippen molar-refractivity contribution >= 4 is 11.0 Å². The number of ether oxygens (including phenoxy) is 1. The van der Waals surface area contributed by atoms with Gasteiger partial charge in [-0.15, -0.1) is 0 Å². The van der Waals surface area contributed by atoms with E-state index in [1.54, 1.807) is 0 Å². The van der Waals surface area contributed by atoms with E-state index in [4.69, 9.17) is 9.15 Å². The zero-order valence-corrected chi connectivity index (χ0v) is 10.4. The fraction of sp³-hybridized carbons (Fsp3) is 0.467. The van der Waals surface area contributed by atoms with Crippen molar-refractivity contribution in [3.05, 3.63) is 35.6 Å². The molecule has 4 rings (SSSR count). The lowest BCUT2D eigenvalue weighted by Crippen LogP contribution is -2.52. The molecule has 3 heteroatoms. The van der Waals surface area contributed by atoms with Gasteiger partial charge in [-0.2, -0.15) is 0 Å². The summed E-state index contributed by atoms with van der Waals surface area (Å²) < 4.78 is 11.8. The average Bonchev–Trinajstić information content (AvgIpc) is 2.81. The smallest absolute Gasteiger partial charge is 0.134 e. The fourth-order valence-corrected chi connectivity index (χ4v) is 3.35. The second-order valence-corrected chi connectivity index (χ2v) is 5.32. The molecule has 0 radical (unpaired) electrons. The van der Waals surface area contributed by atoms with Crippen LogP contribution in [0.25, 0.3) is 11.0 Å². The molecule has 18 heavy (non-hydrogen) atoms. The summed E-state index contributed by atoms with van der Waals surface area (Å²) in [5, 5.41) is 4.91. The number of hydrogen-bond acceptors (Lipinski definition) is 3. The lowest BCUT2D eigenvalue weighted by molar-refractivity contribution is 0.00539. The SMILES string of the molecule is c1ccc2c3c(oc2c1)C1(CCCOC1)NCC3. The maximum atomic E-state index is 6.14. The summed E-state index contributed by atoms with van der Waals surface area (Å²) in [6, 6.07) is 8.35. The third-order valence-electron chi connectivity index (χ3n) is 4.21. The van der Waals surface area contributed by atoms with Crippen molar-refractivity contribution in [1.29, 1.82) is 0 Å². The molecule has 1 atom stereocenters.